The summed E-state index contributed by atoms with van der Waals surface area (Å²) in [5.74, 6) is 0. The van der Waals surface area contributed by atoms with Crippen LogP contribution in [0.3, 0.4) is 0 Å². The molecule has 1 saturated heterocycles. The predicted octanol–water partition coefficient (Wildman–Crippen LogP) is 3.42. The first-order chi connectivity index (χ1) is 8.56. The molecular formula is C16H26N2. The second-order valence-corrected chi connectivity index (χ2v) is 6.49. The number of rotatable bonds is 4. The number of para-hydroxylation sites is 1. The quantitative estimate of drug-likeness (QED) is 0.875. The first-order valence-corrected chi connectivity index (χ1v) is 7.10. The van der Waals surface area contributed by atoms with Gasteiger partial charge in [-0.05, 0) is 29.9 Å². The summed E-state index contributed by atoms with van der Waals surface area (Å²) in [4.78, 5) is 2.52. The van der Waals surface area contributed by atoms with Crippen molar-refractivity contribution in [1.82, 2.24) is 5.32 Å². The molecule has 0 unspecified atom stereocenters. The molecule has 0 spiro atoms. The SMILES string of the molecule is CC(C)(C)CNCc1ccccc1N1CCCC1. The smallest absolute Gasteiger partial charge is 0.0411 e. The van der Waals surface area contributed by atoms with Crippen LogP contribution in [0.1, 0.15) is 39.2 Å². The molecule has 1 fully saturated rings. The molecule has 100 valence electrons. The minimum Gasteiger partial charge on any atom is -0.371 e. The Labute approximate surface area is 111 Å². The molecule has 2 rings (SSSR count). The molecule has 0 bridgehead atoms. The zero-order valence-corrected chi connectivity index (χ0v) is 12.0. The Bertz CT molecular complexity index is 373. The molecule has 1 heterocycles. The van der Waals surface area contributed by atoms with E-state index in [4.69, 9.17) is 0 Å². The van der Waals surface area contributed by atoms with Gasteiger partial charge in [-0.2, -0.15) is 0 Å². The minimum absolute atomic E-state index is 0.350. The summed E-state index contributed by atoms with van der Waals surface area (Å²) in [6, 6.07) is 8.82. The van der Waals surface area contributed by atoms with Crippen molar-refractivity contribution >= 4 is 5.69 Å². The van der Waals surface area contributed by atoms with Gasteiger partial charge in [0.25, 0.3) is 0 Å². The van der Waals surface area contributed by atoms with Gasteiger partial charge in [-0.25, -0.2) is 0 Å². The lowest BCUT2D eigenvalue weighted by Gasteiger charge is -2.23. The third kappa shape index (κ3) is 3.74. The van der Waals surface area contributed by atoms with E-state index in [0.29, 0.717) is 5.41 Å². The highest BCUT2D eigenvalue weighted by Gasteiger charge is 2.15. The molecule has 0 amide bonds. The first-order valence-electron chi connectivity index (χ1n) is 7.10. The van der Waals surface area contributed by atoms with E-state index in [1.807, 2.05) is 0 Å². The Morgan fingerprint density at radius 3 is 2.44 bits per heavy atom. The lowest BCUT2D eigenvalue weighted by Crippen LogP contribution is -2.27. The van der Waals surface area contributed by atoms with E-state index >= 15 is 0 Å². The monoisotopic (exact) mass is 246 g/mol. The van der Waals surface area contributed by atoms with E-state index in [0.717, 1.165) is 13.1 Å². The second kappa shape index (κ2) is 5.75. The van der Waals surface area contributed by atoms with Crippen molar-refractivity contribution in [1.29, 1.82) is 0 Å². The van der Waals surface area contributed by atoms with Gasteiger partial charge >= 0.3 is 0 Å². The van der Waals surface area contributed by atoms with E-state index in [1.54, 1.807) is 0 Å². The van der Waals surface area contributed by atoms with Crippen molar-refractivity contribution in [3.63, 3.8) is 0 Å². The predicted molar refractivity (Wildman–Crippen MR) is 79.1 cm³/mol. The Kier molecular flexibility index (Phi) is 4.28. The van der Waals surface area contributed by atoms with Gasteiger partial charge in [-0.15, -0.1) is 0 Å². The van der Waals surface area contributed by atoms with E-state index in [1.165, 1.54) is 37.2 Å². The zero-order chi connectivity index (χ0) is 13.0. The normalized spacial score (nSPS) is 16.3. The number of nitrogens with one attached hydrogen (secondary N) is 1. The second-order valence-electron chi connectivity index (χ2n) is 6.49. The molecule has 1 aromatic rings. The van der Waals surface area contributed by atoms with Crippen molar-refractivity contribution in [2.24, 2.45) is 5.41 Å². The Hall–Kier alpha value is -1.02. The fourth-order valence-electron chi connectivity index (χ4n) is 2.50. The maximum atomic E-state index is 3.58. The molecular weight excluding hydrogens is 220 g/mol. The highest BCUT2D eigenvalue weighted by molar-refractivity contribution is 5.54. The van der Waals surface area contributed by atoms with Crippen LogP contribution in [0.2, 0.25) is 0 Å². The number of nitrogens with zero attached hydrogens (tertiary/aromatic N) is 1. The molecule has 0 atom stereocenters. The Morgan fingerprint density at radius 1 is 1.11 bits per heavy atom. The van der Waals surface area contributed by atoms with Gasteiger partial charge in [-0.3, -0.25) is 0 Å². The molecule has 0 aliphatic carbocycles. The molecule has 2 heteroatoms. The van der Waals surface area contributed by atoms with Crippen LogP contribution in [0.4, 0.5) is 5.69 Å². The van der Waals surface area contributed by atoms with E-state index in [9.17, 15) is 0 Å². The fourth-order valence-corrected chi connectivity index (χ4v) is 2.50. The van der Waals surface area contributed by atoms with Crippen LogP contribution >= 0.6 is 0 Å². The summed E-state index contributed by atoms with van der Waals surface area (Å²) in [6.45, 7) is 11.3. The number of benzene rings is 1. The van der Waals surface area contributed by atoms with Crippen LogP contribution in [-0.2, 0) is 6.54 Å². The Morgan fingerprint density at radius 2 is 1.78 bits per heavy atom. The fraction of sp³-hybridized carbons (Fsp3) is 0.625. The van der Waals surface area contributed by atoms with Gasteiger partial charge in [0, 0.05) is 31.9 Å². The van der Waals surface area contributed by atoms with Crippen molar-refractivity contribution < 1.29 is 0 Å². The van der Waals surface area contributed by atoms with E-state index < -0.39 is 0 Å². The lowest BCUT2D eigenvalue weighted by molar-refractivity contribution is 0.379. The highest BCUT2D eigenvalue weighted by atomic mass is 15.1. The van der Waals surface area contributed by atoms with Crippen LogP contribution in [0.5, 0.6) is 0 Å². The summed E-state index contributed by atoms with van der Waals surface area (Å²) in [7, 11) is 0. The van der Waals surface area contributed by atoms with Crippen LogP contribution in [0, 0.1) is 5.41 Å². The van der Waals surface area contributed by atoms with Gasteiger partial charge in [-0.1, -0.05) is 39.0 Å². The van der Waals surface area contributed by atoms with Gasteiger partial charge in [0.05, 0.1) is 0 Å². The maximum Gasteiger partial charge on any atom is 0.0411 e. The molecule has 0 radical (unpaired) electrons. The molecule has 1 aliphatic rings. The molecule has 2 nitrogen and oxygen atoms in total. The summed E-state index contributed by atoms with van der Waals surface area (Å²) < 4.78 is 0. The number of anilines is 1. The third-order valence-corrected chi connectivity index (χ3v) is 3.41. The first kappa shape index (κ1) is 13.4. The molecule has 1 aliphatic heterocycles. The molecule has 0 aromatic heterocycles. The largest absolute Gasteiger partial charge is 0.371 e. The molecule has 18 heavy (non-hydrogen) atoms. The lowest BCUT2D eigenvalue weighted by atomic mass is 9.97. The summed E-state index contributed by atoms with van der Waals surface area (Å²) in [6.07, 6.45) is 2.67. The highest BCUT2D eigenvalue weighted by Crippen LogP contribution is 2.24. The van der Waals surface area contributed by atoms with Gasteiger partial charge < -0.3 is 10.2 Å². The summed E-state index contributed by atoms with van der Waals surface area (Å²) in [5.41, 5.74) is 3.21. The summed E-state index contributed by atoms with van der Waals surface area (Å²) in [5, 5.41) is 3.58. The topological polar surface area (TPSA) is 15.3 Å². The van der Waals surface area contributed by atoms with Crippen molar-refractivity contribution in [2.75, 3.05) is 24.5 Å². The van der Waals surface area contributed by atoms with Crippen LogP contribution < -0.4 is 10.2 Å². The van der Waals surface area contributed by atoms with Crippen LogP contribution in [0.15, 0.2) is 24.3 Å². The zero-order valence-electron chi connectivity index (χ0n) is 12.0. The number of hydrogen-bond donors (Lipinski definition) is 1. The molecule has 1 N–H and O–H groups in total. The van der Waals surface area contributed by atoms with E-state index in [-0.39, 0.29) is 0 Å². The van der Waals surface area contributed by atoms with E-state index in [2.05, 4.69) is 55.3 Å². The minimum atomic E-state index is 0.350. The maximum absolute atomic E-state index is 3.58. The Balaban J connectivity index is 1.99. The van der Waals surface area contributed by atoms with Crippen LogP contribution in [-0.4, -0.2) is 19.6 Å². The average molecular weight is 246 g/mol. The third-order valence-electron chi connectivity index (χ3n) is 3.41. The van der Waals surface area contributed by atoms with Crippen molar-refractivity contribution in [3.05, 3.63) is 29.8 Å². The van der Waals surface area contributed by atoms with Crippen molar-refractivity contribution in [2.45, 2.75) is 40.2 Å². The van der Waals surface area contributed by atoms with Gasteiger partial charge in [0.2, 0.25) is 0 Å². The molecule has 1 aromatic carbocycles. The summed E-state index contributed by atoms with van der Waals surface area (Å²) >= 11 is 0. The standard InChI is InChI=1S/C16H26N2/c1-16(2,3)13-17-12-14-8-4-5-9-15(14)18-10-6-7-11-18/h4-5,8-9,17H,6-7,10-13H2,1-3H3. The van der Waals surface area contributed by atoms with Gasteiger partial charge in [0.15, 0.2) is 0 Å². The van der Waals surface area contributed by atoms with Crippen molar-refractivity contribution in [3.8, 4) is 0 Å². The number of hydrogen-bond acceptors (Lipinski definition) is 2. The van der Waals surface area contributed by atoms with Crippen LogP contribution in [0.25, 0.3) is 0 Å². The molecule has 0 saturated carbocycles. The van der Waals surface area contributed by atoms with Gasteiger partial charge in [0.1, 0.15) is 0 Å². The average Bonchev–Trinajstić information content (AvgIpc) is 2.81.